The first kappa shape index (κ1) is 12.5. The number of hydrogen-bond donors (Lipinski definition) is 1. The first-order valence-corrected chi connectivity index (χ1v) is 5.97. The molecular weight excluding hydrogens is 232 g/mol. The lowest BCUT2D eigenvalue weighted by Crippen LogP contribution is -1.98. The smallest absolute Gasteiger partial charge is 0.336 e. The summed E-state index contributed by atoms with van der Waals surface area (Å²) in [5.74, 6) is 0.594. The number of carbonyl (C=O) groups is 1. The van der Waals surface area contributed by atoms with E-state index in [2.05, 4.69) is 0 Å². The number of benzene rings is 1. The molecule has 1 heterocycles. The highest BCUT2D eigenvalue weighted by molar-refractivity contribution is 6.04. The molecule has 4 nitrogen and oxygen atoms in total. The highest BCUT2D eigenvalue weighted by atomic mass is 16.5. The summed E-state index contributed by atoms with van der Waals surface area (Å²) in [4.78, 5) is 11.2. The topological polar surface area (TPSA) is 59.7 Å². The van der Waals surface area contributed by atoms with Crippen molar-refractivity contribution < 1.29 is 19.1 Å². The van der Waals surface area contributed by atoms with Crippen LogP contribution in [-0.4, -0.2) is 17.7 Å². The molecule has 0 saturated heterocycles. The van der Waals surface area contributed by atoms with Gasteiger partial charge in [0.15, 0.2) is 11.3 Å². The molecule has 1 aromatic carbocycles. The number of carboxylic acids is 1. The van der Waals surface area contributed by atoms with Crippen LogP contribution in [0.25, 0.3) is 11.0 Å². The minimum Gasteiger partial charge on any atom is -0.490 e. The molecule has 0 aliphatic rings. The van der Waals surface area contributed by atoms with Gasteiger partial charge in [0.25, 0.3) is 0 Å². The Labute approximate surface area is 105 Å². The van der Waals surface area contributed by atoms with Gasteiger partial charge < -0.3 is 14.3 Å². The van der Waals surface area contributed by atoms with Crippen molar-refractivity contribution in [2.75, 3.05) is 6.61 Å². The van der Waals surface area contributed by atoms with Crippen LogP contribution < -0.4 is 4.74 Å². The van der Waals surface area contributed by atoms with Crippen molar-refractivity contribution in [3.63, 3.8) is 0 Å². The fourth-order valence-corrected chi connectivity index (χ4v) is 1.86. The van der Waals surface area contributed by atoms with Crippen LogP contribution in [-0.2, 0) is 0 Å². The van der Waals surface area contributed by atoms with E-state index in [1.165, 1.54) is 0 Å². The lowest BCUT2D eigenvalue weighted by Gasteiger charge is -2.04. The molecule has 0 bridgehead atoms. The van der Waals surface area contributed by atoms with Crippen molar-refractivity contribution >= 4 is 16.9 Å². The lowest BCUT2D eigenvalue weighted by molar-refractivity contribution is 0.0699. The molecule has 0 fully saturated rings. The van der Waals surface area contributed by atoms with E-state index in [1.54, 1.807) is 18.2 Å². The normalized spacial score (nSPS) is 11.1. The molecule has 1 N–H and O–H groups in total. The van der Waals surface area contributed by atoms with Gasteiger partial charge in [0.1, 0.15) is 5.76 Å². The second kappa shape index (κ2) is 4.72. The van der Waals surface area contributed by atoms with Gasteiger partial charge in [-0.15, -0.1) is 0 Å². The Balaban J connectivity index is 2.70. The van der Waals surface area contributed by atoms with Crippen molar-refractivity contribution in [3.05, 3.63) is 29.5 Å². The molecule has 2 rings (SSSR count). The van der Waals surface area contributed by atoms with Crippen LogP contribution in [0.3, 0.4) is 0 Å². The number of ether oxygens (including phenoxy) is 1. The Morgan fingerprint density at radius 1 is 1.44 bits per heavy atom. The maximum absolute atomic E-state index is 11.2. The molecule has 0 atom stereocenters. The van der Waals surface area contributed by atoms with E-state index in [-0.39, 0.29) is 11.5 Å². The monoisotopic (exact) mass is 248 g/mol. The van der Waals surface area contributed by atoms with Crippen LogP contribution >= 0.6 is 0 Å². The van der Waals surface area contributed by atoms with Gasteiger partial charge in [-0.05, 0) is 25.1 Å². The molecule has 4 heteroatoms. The first-order valence-electron chi connectivity index (χ1n) is 5.97. The molecule has 0 saturated carbocycles. The number of furan rings is 1. The third-order valence-electron chi connectivity index (χ3n) is 2.77. The summed E-state index contributed by atoms with van der Waals surface area (Å²) >= 11 is 0. The highest BCUT2D eigenvalue weighted by Crippen LogP contribution is 2.34. The van der Waals surface area contributed by atoms with Crippen LogP contribution in [0.2, 0.25) is 0 Å². The van der Waals surface area contributed by atoms with Crippen LogP contribution in [0, 0.1) is 0 Å². The maximum Gasteiger partial charge on any atom is 0.336 e. The summed E-state index contributed by atoms with van der Waals surface area (Å²) in [5, 5.41) is 9.76. The maximum atomic E-state index is 11.2. The zero-order chi connectivity index (χ0) is 13.3. The molecule has 0 unspecified atom stereocenters. The van der Waals surface area contributed by atoms with Crippen molar-refractivity contribution in [2.24, 2.45) is 0 Å². The quantitative estimate of drug-likeness (QED) is 0.897. The number of rotatable bonds is 4. The zero-order valence-corrected chi connectivity index (χ0v) is 10.7. The summed E-state index contributed by atoms with van der Waals surface area (Å²) in [7, 11) is 0. The Morgan fingerprint density at radius 2 is 2.17 bits per heavy atom. The number of hydrogen-bond acceptors (Lipinski definition) is 3. The van der Waals surface area contributed by atoms with Gasteiger partial charge in [0, 0.05) is 11.3 Å². The third-order valence-corrected chi connectivity index (χ3v) is 2.77. The van der Waals surface area contributed by atoms with Gasteiger partial charge in [-0.25, -0.2) is 4.79 Å². The van der Waals surface area contributed by atoms with Crippen LogP contribution in [0.1, 0.15) is 42.8 Å². The Bertz CT molecular complexity index is 581. The lowest BCUT2D eigenvalue weighted by atomic mass is 10.1. The van der Waals surface area contributed by atoms with E-state index in [0.717, 1.165) is 5.76 Å². The molecule has 0 aliphatic carbocycles. The predicted octanol–water partition coefficient (Wildman–Crippen LogP) is 3.65. The average molecular weight is 248 g/mol. The number of aromatic carboxylic acids is 1. The largest absolute Gasteiger partial charge is 0.490 e. The zero-order valence-electron chi connectivity index (χ0n) is 10.7. The second-order valence-corrected chi connectivity index (χ2v) is 4.40. The average Bonchev–Trinajstić information content (AvgIpc) is 2.74. The standard InChI is InChI=1S/C14H16O4/c1-4-17-11-6-5-9(14(15)16)10-7-12(8(2)3)18-13(10)11/h5-8H,4H2,1-3H3,(H,15,16). The van der Waals surface area contributed by atoms with Crippen molar-refractivity contribution in [2.45, 2.75) is 26.7 Å². The third kappa shape index (κ3) is 2.06. The van der Waals surface area contributed by atoms with Crippen molar-refractivity contribution in [3.8, 4) is 5.75 Å². The summed E-state index contributed by atoms with van der Waals surface area (Å²) in [5.41, 5.74) is 0.754. The number of carboxylic acid groups (broad SMARTS) is 1. The molecule has 2 aromatic rings. The van der Waals surface area contributed by atoms with E-state index in [1.807, 2.05) is 20.8 Å². The van der Waals surface area contributed by atoms with Crippen LogP contribution in [0.15, 0.2) is 22.6 Å². The van der Waals surface area contributed by atoms with E-state index in [0.29, 0.717) is 23.3 Å². The molecule has 0 amide bonds. The second-order valence-electron chi connectivity index (χ2n) is 4.40. The van der Waals surface area contributed by atoms with Gasteiger partial charge in [-0.2, -0.15) is 0 Å². The molecule has 0 aliphatic heterocycles. The van der Waals surface area contributed by atoms with Gasteiger partial charge in [-0.1, -0.05) is 13.8 Å². The molecular formula is C14H16O4. The van der Waals surface area contributed by atoms with Gasteiger partial charge >= 0.3 is 5.97 Å². The van der Waals surface area contributed by atoms with Gasteiger partial charge in [-0.3, -0.25) is 0 Å². The Kier molecular flexibility index (Phi) is 3.28. The molecule has 0 radical (unpaired) electrons. The van der Waals surface area contributed by atoms with Crippen LogP contribution in [0.4, 0.5) is 0 Å². The van der Waals surface area contributed by atoms with E-state index in [4.69, 9.17) is 14.3 Å². The van der Waals surface area contributed by atoms with Crippen molar-refractivity contribution in [1.29, 1.82) is 0 Å². The summed E-state index contributed by atoms with van der Waals surface area (Å²) in [6.07, 6.45) is 0. The fourth-order valence-electron chi connectivity index (χ4n) is 1.86. The summed E-state index contributed by atoms with van der Waals surface area (Å²) < 4.78 is 11.2. The molecule has 18 heavy (non-hydrogen) atoms. The van der Waals surface area contributed by atoms with Gasteiger partial charge in [0.2, 0.25) is 0 Å². The molecule has 0 spiro atoms. The highest BCUT2D eigenvalue weighted by Gasteiger charge is 2.18. The van der Waals surface area contributed by atoms with E-state index in [9.17, 15) is 4.79 Å². The van der Waals surface area contributed by atoms with Crippen LogP contribution in [0.5, 0.6) is 5.75 Å². The van der Waals surface area contributed by atoms with E-state index < -0.39 is 5.97 Å². The van der Waals surface area contributed by atoms with Crippen molar-refractivity contribution in [1.82, 2.24) is 0 Å². The number of fused-ring (bicyclic) bond motifs is 1. The van der Waals surface area contributed by atoms with Gasteiger partial charge in [0.05, 0.1) is 12.2 Å². The fraction of sp³-hybridized carbons (Fsp3) is 0.357. The molecule has 1 aromatic heterocycles. The first-order chi connectivity index (χ1) is 8.54. The SMILES string of the molecule is CCOc1ccc(C(=O)O)c2cc(C(C)C)oc12. The van der Waals surface area contributed by atoms with E-state index >= 15 is 0 Å². The summed E-state index contributed by atoms with van der Waals surface area (Å²) in [6.45, 7) is 6.39. The Hall–Kier alpha value is -1.97. The Morgan fingerprint density at radius 3 is 2.72 bits per heavy atom. The summed E-state index contributed by atoms with van der Waals surface area (Å²) in [6, 6.07) is 4.98. The minimum absolute atomic E-state index is 0.202. The minimum atomic E-state index is -0.959. The molecule has 96 valence electrons. The predicted molar refractivity (Wildman–Crippen MR) is 68.4 cm³/mol.